The van der Waals surface area contributed by atoms with E-state index in [1.54, 1.807) is 12.1 Å². The summed E-state index contributed by atoms with van der Waals surface area (Å²) in [5, 5.41) is 10.6. The number of benzene rings is 1. The summed E-state index contributed by atoms with van der Waals surface area (Å²) in [6.45, 7) is 3.28. The Hall–Kier alpha value is -1.66. The van der Waals surface area contributed by atoms with Crippen molar-refractivity contribution in [2.24, 2.45) is 5.92 Å². The largest absolute Gasteiger partial charge is 0.372 e. The van der Waals surface area contributed by atoms with Gasteiger partial charge >= 0.3 is 0 Å². The molecule has 6 heteroatoms. The number of rotatable bonds is 3. The first-order valence-corrected chi connectivity index (χ1v) is 6.96. The van der Waals surface area contributed by atoms with Crippen LogP contribution in [0.5, 0.6) is 0 Å². The monoisotopic (exact) mass is 278 g/mol. The summed E-state index contributed by atoms with van der Waals surface area (Å²) in [6, 6.07) is 6.76. The molecule has 20 heavy (non-hydrogen) atoms. The predicted molar refractivity (Wildman–Crippen MR) is 73.7 cm³/mol. The van der Waals surface area contributed by atoms with E-state index in [0.29, 0.717) is 19.1 Å². The second-order valence-electron chi connectivity index (χ2n) is 5.21. The molecule has 0 N–H and O–H groups in total. The van der Waals surface area contributed by atoms with Crippen molar-refractivity contribution >= 4 is 11.4 Å². The fraction of sp³-hybridized carbons (Fsp3) is 0.571. The Kier molecular flexibility index (Phi) is 3.84. The van der Waals surface area contributed by atoms with Gasteiger partial charge in [-0.05, 0) is 25.0 Å². The highest BCUT2D eigenvalue weighted by Crippen LogP contribution is 2.29. The second kappa shape index (κ2) is 5.76. The summed E-state index contributed by atoms with van der Waals surface area (Å²) in [7, 11) is 0. The first kappa shape index (κ1) is 13.3. The third-order valence-electron chi connectivity index (χ3n) is 4.00. The number of nitro groups is 1. The van der Waals surface area contributed by atoms with Crippen LogP contribution in [0, 0.1) is 16.0 Å². The Labute approximate surface area is 117 Å². The number of non-ortho nitro benzene ring substituents is 1. The Morgan fingerprint density at radius 3 is 2.25 bits per heavy atom. The minimum atomic E-state index is -0.370. The molecule has 2 aliphatic heterocycles. The van der Waals surface area contributed by atoms with E-state index in [1.807, 2.05) is 12.1 Å². The van der Waals surface area contributed by atoms with Crippen molar-refractivity contribution in [1.29, 1.82) is 0 Å². The third kappa shape index (κ3) is 2.76. The van der Waals surface area contributed by atoms with Crippen LogP contribution in [0.2, 0.25) is 0 Å². The normalized spacial score (nSPS) is 21.3. The van der Waals surface area contributed by atoms with Gasteiger partial charge in [-0.3, -0.25) is 10.1 Å². The molecule has 0 unspecified atom stereocenters. The van der Waals surface area contributed by atoms with Crippen molar-refractivity contribution < 1.29 is 14.4 Å². The van der Waals surface area contributed by atoms with Gasteiger partial charge < -0.3 is 14.4 Å². The molecule has 0 saturated carbocycles. The topological polar surface area (TPSA) is 64.8 Å². The van der Waals surface area contributed by atoms with Crippen LogP contribution in [0.15, 0.2) is 24.3 Å². The molecule has 0 atom stereocenters. The summed E-state index contributed by atoms with van der Waals surface area (Å²) in [5.74, 6) is 0.465. The lowest BCUT2D eigenvalue weighted by Gasteiger charge is -2.35. The molecule has 6 nitrogen and oxygen atoms in total. The van der Waals surface area contributed by atoms with Crippen molar-refractivity contribution in [3.63, 3.8) is 0 Å². The van der Waals surface area contributed by atoms with E-state index in [1.165, 1.54) is 0 Å². The first-order valence-electron chi connectivity index (χ1n) is 6.96. The van der Waals surface area contributed by atoms with Crippen LogP contribution in [0.1, 0.15) is 12.8 Å². The van der Waals surface area contributed by atoms with Gasteiger partial charge in [0.1, 0.15) is 0 Å². The van der Waals surface area contributed by atoms with Gasteiger partial charge in [0.25, 0.3) is 5.69 Å². The smallest absolute Gasteiger partial charge is 0.269 e. The number of anilines is 1. The molecule has 3 rings (SSSR count). The molecule has 0 aromatic heterocycles. The zero-order valence-corrected chi connectivity index (χ0v) is 11.2. The molecule has 2 aliphatic rings. The molecule has 2 saturated heterocycles. The van der Waals surface area contributed by atoms with Crippen molar-refractivity contribution in [1.82, 2.24) is 0 Å². The van der Waals surface area contributed by atoms with Crippen LogP contribution in [0.4, 0.5) is 11.4 Å². The minimum absolute atomic E-state index is 0.0333. The molecule has 0 bridgehead atoms. The van der Waals surface area contributed by atoms with Crippen molar-refractivity contribution in [3.05, 3.63) is 34.4 Å². The number of nitro benzene ring substituents is 1. The number of ether oxygens (including phenoxy) is 2. The summed E-state index contributed by atoms with van der Waals surface area (Å²) in [6.07, 6.45) is 2.03. The average molecular weight is 278 g/mol. The van der Waals surface area contributed by atoms with Gasteiger partial charge in [0.2, 0.25) is 0 Å². The van der Waals surface area contributed by atoms with Crippen LogP contribution < -0.4 is 4.90 Å². The lowest BCUT2D eigenvalue weighted by atomic mass is 9.96. The quantitative estimate of drug-likeness (QED) is 0.626. The third-order valence-corrected chi connectivity index (χ3v) is 4.00. The molecule has 0 spiro atoms. The lowest BCUT2D eigenvalue weighted by molar-refractivity contribution is -0.384. The van der Waals surface area contributed by atoms with E-state index in [9.17, 15) is 10.1 Å². The van der Waals surface area contributed by atoms with Gasteiger partial charge in [0, 0.05) is 36.8 Å². The van der Waals surface area contributed by atoms with Gasteiger partial charge in [0.05, 0.1) is 18.1 Å². The SMILES string of the molecule is O=[N+]([O-])c1ccc(N2CCC(C3OCCO3)CC2)cc1. The summed E-state index contributed by atoms with van der Waals surface area (Å²) < 4.78 is 11.1. The van der Waals surface area contributed by atoms with Crippen LogP contribution in [0.25, 0.3) is 0 Å². The van der Waals surface area contributed by atoms with Crippen LogP contribution >= 0.6 is 0 Å². The molecule has 2 fully saturated rings. The minimum Gasteiger partial charge on any atom is -0.372 e. The molecule has 1 aromatic carbocycles. The molecule has 1 aromatic rings. The summed E-state index contributed by atoms with van der Waals surface area (Å²) in [5.41, 5.74) is 1.18. The summed E-state index contributed by atoms with van der Waals surface area (Å²) >= 11 is 0. The van der Waals surface area contributed by atoms with Gasteiger partial charge in [-0.15, -0.1) is 0 Å². The molecule has 0 radical (unpaired) electrons. The molecule has 108 valence electrons. The molecule has 0 amide bonds. The van der Waals surface area contributed by atoms with Gasteiger partial charge in [0.15, 0.2) is 6.29 Å². The van der Waals surface area contributed by atoms with Gasteiger partial charge in [-0.2, -0.15) is 0 Å². The van der Waals surface area contributed by atoms with E-state index in [4.69, 9.17) is 9.47 Å². The fourth-order valence-electron chi connectivity index (χ4n) is 2.86. The van der Waals surface area contributed by atoms with E-state index < -0.39 is 0 Å². The maximum absolute atomic E-state index is 10.6. The lowest BCUT2D eigenvalue weighted by Crippen LogP contribution is -2.38. The Morgan fingerprint density at radius 1 is 1.10 bits per heavy atom. The van der Waals surface area contributed by atoms with Crippen molar-refractivity contribution in [2.45, 2.75) is 19.1 Å². The maximum Gasteiger partial charge on any atom is 0.269 e. The number of hydrogen-bond donors (Lipinski definition) is 0. The Balaban J connectivity index is 1.58. The number of piperidine rings is 1. The Morgan fingerprint density at radius 2 is 1.70 bits per heavy atom. The van der Waals surface area contributed by atoms with Crippen LogP contribution in [-0.2, 0) is 9.47 Å². The number of nitrogens with zero attached hydrogens (tertiary/aromatic N) is 2. The highest BCUT2D eigenvalue weighted by Gasteiger charge is 2.30. The van der Waals surface area contributed by atoms with Crippen LogP contribution in [-0.4, -0.2) is 37.5 Å². The first-order chi connectivity index (χ1) is 9.74. The van der Waals surface area contributed by atoms with E-state index in [2.05, 4.69) is 4.90 Å². The van der Waals surface area contributed by atoms with Crippen molar-refractivity contribution in [2.75, 3.05) is 31.2 Å². The van der Waals surface area contributed by atoms with Crippen molar-refractivity contribution in [3.8, 4) is 0 Å². The zero-order valence-electron chi connectivity index (χ0n) is 11.2. The fourth-order valence-corrected chi connectivity index (χ4v) is 2.86. The van der Waals surface area contributed by atoms with Gasteiger partial charge in [-0.25, -0.2) is 0 Å². The predicted octanol–water partition coefficient (Wildman–Crippen LogP) is 2.18. The number of hydrogen-bond acceptors (Lipinski definition) is 5. The second-order valence-corrected chi connectivity index (χ2v) is 5.21. The highest BCUT2D eigenvalue weighted by molar-refractivity contribution is 5.51. The highest BCUT2D eigenvalue weighted by atomic mass is 16.7. The zero-order chi connectivity index (χ0) is 13.9. The van der Waals surface area contributed by atoms with E-state index >= 15 is 0 Å². The molecule has 2 heterocycles. The van der Waals surface area contributed by atoms with Crippen LogP contribution in [0.3, 0.4) is 0 Å². The summed E-state index contributed by atoms with van der Waals surface area (Å²) in [4.78, 5) is 12.5. The van der Waals surface area contributed by atoms with E-state index in [-0.39, 0.29) is 16.9 Å². The average Bonchev–Trinajstić information content (AvgIpc) is 3.02. The van der Waals surface area contributed by atoms with E-state index in [0.717, 1.165) is 31.6 Å². The standard InChI is InChI=1S/C14H18N2O4/c17-16(18)13-3-1-12(2-4-13)15-7-5-11(6-8-15)14-19-9-10-20-14/h1-4,11,14H,5-10H2. The molecule has 0 aliphatic carbocycles. The maximum atomic E-state index is 10.6. The molecular weight excluding hydrogens is 260 g/mol. The molecular formula is C14H18N2O4. The van der Waals surface area contributed by atoms with Gasteiger partial charge in [-0.1, -0.05) is 0 Å². The Bertz CT molecular complexity index is 463.